The molecule has 2 N–H and O–H groups in total. The van der Waals surface area contributed by atoms with Crippen LogP contribution in [-0.2, 0) is 22.5 Å². The Morgan fingerprint density at radius 1 is 1.45 bits per heavy atom. The van der Waals surface area contributed by atoms with Crippen molar-refractivity contribution in [1.82, 2.24) is 14.9 Å². The van der Waals surface area contributed by atoms with Crippen molar-refractivity contribution in [3.05, 3.63) is 17.6 Å². The summed E-state index contributed by atoms with van der Waals surface area (Å²) in [5.74, 6) is 0.492. The first-order valence-electron chi connectivity index (χ1n) is 6.82. The van der Waals surface area contributed by atoms with Gasteiger partial charge in [-0.15, -0.1) is 0 Å². The number of ether oxygens (including phenoxy) is 1. The van der Waals surface area contributed by atoms with Gasteiger partial charge in [0.15, 0.2) is 6.10 Å². The summed E-state index contributed by atoms with van der Waals surface area (Å²) < 4.78 is 5.39. The van der Waals surface area contributed by atoms with Crippen molar-refractivity contribution >= 4 is 11.7 Å². The summed E-state index contributed by atoms with van der Waals surface area (Å²) in [4.78, 5) is 24.4. The highest BCUT2D eigenvalue weighted by atomic mass is 16.5. The number of amides is 1. The van der Waals surface area contributed by atoms with Crippen molar-refractivity contribution in [2.75, 3.05) is 38.2 Å². The molecule has 1 aromatic heterocycles. The molecule has 108 valence electrons. The third kappa shape index (κ3) is 2.46. The lowest BCUT2D eigenvalue weighted by Gasteiger charge is -2.35. The molecule has 0 saturated carbocycles. The molecule has 3 rings (SSSR count). The average molecular weight is 277 g/mol. The molecular formula is C13H19N5O2. The van der Waals surface area contributed by atoms with Crippen molar-refractivity contribution in [3.8, 4) is 0 Å². The fraction of sp³-hybridized carbons (Fsp3) is 0.615. The Morgan fingerprint density at radius 3 is 3.10 bits per heavy atom. The first kappa shape index (κ1) is 13.3. The summed E-state index contributed by atoms with van der Waals surface area (Å²) in [6, 6.07) is 0. The van der Waals surface area contributed by atoms with Crippen LogP contribution in [0.25, 0.3) is 0 Å². The van der Waals surface area contributed by atoms with Gasteiger partial charge in [0, 0.05) is 31.6 Å². The molecule has 0 spiro atoms. The number of hydrogen-bond donors (Lipinski definition) is 1. The summed E-state index contributed by atoms with van der Waals surface area (Å²) in [6.45, 7) is 3.52. The molecule has 3 heterocycles. The zero-order valence-electron chi connectivity index (χ0n) is 11.6. The molecule has 0 aromatic carbocycles. The van der Waals surface area contributed by atoms with Gasteiger partial charge >= 0.3 is 0 Å². The number of nitrogens with zero attached hydrogens (tertiary/aromatic N) is 4. The van der Waals surface area contributed by atoms with Crippen molar-refractivity contribution in [1.29, 1.82) is 0 Å². The van der Waals surface area contributed by atoms with E-state index in [1.54, 1.807) is 6.33 Å². The lowest BCUT2D eigenvalue weighted by molar-refractivity contribution is -0.130. The number of morpholine rings is 1. The summed E-state index contributed by atoms with van der Waals surface area (Å²) in [6.07, 6.45) is 1.98. The Labute approximate surface area is 117 Å². The largest absolute Gasteiger partial charge is 0.367 e. The van der Waals surface area contributed by atoms with Gasteiger partial charge in [0.1, 0.15) is 12.1 Å². The van der Waals surface area contributed by atoms with E-state index < -0.39 is 12.0 Å². The zero-order chi connectivity index (χ0) is 14.1. The predicted octanol–water partition coefficient (Wildman–Crippen LogP) is -0.845. The fourth-order valence-corrected chi connectivity index (χ4v) is 2.75. The number of anilines is 1. The summed E-state index contributed by atoms with van der Waals surface area (Å²) in [5.41, 5.74) is 7.60. The van der Waals surface area contributed by atoms with Gasteiger partial charge in [-0.1, -0.05) is 0 Å². The van der Waals surface area contributed by atoms with Crippen LogP contribution in [0.4, 0.5) is 5.82 Å². The molecule has 1 saturated heterocycles. The Hall–Kier alpha value is -1.73. The summed E-state index contributed by atoms with van der Waals surface area (Å²) in [7, 11) is 2.09. The molecule has 0 unspecified atom stereocenters. The van der Waals surface area contributed by atoms with E-state index in [4.69, 9.17) is 10.5 Å². The minimum Gasteiger partial charge on any atom is -0.367 e. The lowest BCUT2D eigenvalue weighted by atomic mass is 10.1. The van der Waals surface area contributed by atoms with E-state index in [0.29, 0.717) is 13.2 Å². The van der Waals surface area contributed by atoms with E-state index in [1.165, 1.54) is 0 Å². The average Bonchev–Trinajstić information content (AvgIpc) is 2.46. The molecule has 1 fully saturated rings. The van der Waals surface area contributed by atoms with Crippen molar-refractivity contribution in [3.63, 3.8) is 0 Å². The van der Waals surface area contributed by atoms with Crippen LogP contribution in [0.3, 0.4) is 0 Å². The molecule has 1 aromatic rings. The van der Waals surface area contributed by atoms with Gasteiger partial charge in [-0.25, -0.2) is 9.97 Å². The van der Waals surface area contributed by atoms with E-state index in [-0.39, 0.29) is 0 Å². The van der Waals surface area contributed by atoms with Crippen molar-refractivity contribution in [2.45, 2.75) is 19.1 Å². The van der Waals surface area contributed by atoms with Crippen LogP contribution in [-0.4, -0.2) is 60.2 Å². The van der Waals surface area contributed by atoms with E-state index >= 15 is 0 Å². The molecule has 2 aliphatic heterocycles. The Morgan fingerprint density at radius 2 is 2.30 bits per heavy atom. The van der Waals surface area contributed by atoms with Crippen LogP contribution in [0.1, 0.15) is 11.3 Å². The first-order chi connectivity index (χ1) is 9.65. The second kappa shape index (κ2) is 5.34. The monoisotopic (exact) mass is 277 g/mol. The van der Waals surface area contributed by atoms with Crippen molar-refractivity contribution in [2.24, 2.45) is 5.73 Å². The standard InChI is InChI=1S/C13H19N5O2/c1-17-3-2-10-9(6-17)13(16-8-15-10)18-4-5-20-11(7-18)12(14)19/h8,11H,2-7H2,1H3,(H2,14,19)/t11-/m0/s1. The predicted molar refractivity (Wildman–Crippen MR) is 73.2 cm³/mol. The van der Waals surface area contributed by atoms with Crippen LogP contribution >= 0.6 is 0 Å². The third-order valence-electron chi connectivity index (χ3n) is 3.85. The normalized spacial score (nSPS) is 23.4. The Balaban J connectivity index is 1.88. The highest BCUT2D eigenvalue weighted by molar-refractivity contribution is 5.79. The molecule has 0 bridgehead atoms. The van der Waals surface area contributed by atoms with Gasteiger partial charge in [-0.3, -0.25) is 4.79 Å². The maximum atomic E-state index is 11.3. The number of nitrogens with two attached hydrogens (primary N) is 1. The van der Waals surface area contributed by atoms with Crippen LogP contribution in [0.15, 0.2) is 6.33 Å². The molecule has 7 nitrogen and oxygen atoms in total. The third-order valence-corrected chi connectivity index (χ3v) is 3.85. The number of hydrogen-bond acceptors (Lipinski definition) is 6. The highest BCUT2D eigenvalue weighted by Gasteiger charge is 2.28. The number of primary amides is 1. The van der Waals surface area contributed by atoms with Gasteiger partial charge in [0.25, 0.3) is 0 Å². The summed E-state index contributed by atoms with van der Waals surface area (Å²) >= 11 is 0. The molecule has 0 radical (unpaired) electrons. The first-order valence-corrected chi connectivity index (χ1v) is 6.82. The smallest absolute Gasteiger partial charge is 0.248 e. The van der Waals surface area contributed by atoms with Crippen LogP contribution in [0.5, 0.6) is 0 Å². The van der Waals surface area contributed by atoms with E-state index in [1.807, 2.05) is 0 Å². The highest BCUT2D eigenvalue weighted by Crippen LogP contribution is 2.26. The van der Waals surface area contributed by atoms with E-state index in [2.05, 4.69) is 26.8 Å². The van der Waals surface area contributed by atoms with E-state index in [0.717, 1.165) is 43.1 Å². The number of carbonyl (C=O) groups is 1. The second-order valence-corrected chi connectivity index (χ2v) is 5.32. The number of carbonyl (C=O) groups excluding carboxylic acids is 1. The second-order valence-electron chi connectivity index (χ2n) is 5.32. The van der Waals surface area contributed by atoms with Crippen LogP contribution in [0, 0.1) is 0 Å². The van der Waals surface area contributed by atoms with Crippen LogP contribution < -0.4 is 10.6 Å². The molecular weight excluding hydrogens is 258 g/mol. The molecule has 7 heteroatoms. The number of likely N-dealkylation sites (N-methyl/N-ethyl adjacent to an activating group) is 1. The van der Waals surface area contributed by atoms with Gasteiger partial charge in [-0.2, -0.15) is 0 Å². The number of rotatable bonds is 2. The minimum absolute atomic E-state index is 0.422. The Kier molecular flexibility index (Phi) is 3.54. The van der Waals surface area contributed by atoms with Crippen LogP contribution in [0.2, 0.25) is 0 Å². The van der Waals surface area contributed by atoms with Gasteiger partial charge in [0.05, 0.1) is 18.8 Å². The lowest BCUT2D eigenvalue weighted by Crippen LogP contribution is -2.49. The van der Waals surface area contributed by atoms with Gasteiger partial charge < -0.3 is 20.3 Å². The number of aromatic nitrogens is 2. The van der Waals surface area contributed by atoms with Gasteiger partial charge in [-0.05, 0) is 7.05 Å². The molecule has 1 atom stereocenters. The SMILES string of the molecule is CN1CCc2ncnc(N3CCO[C@H](C(N)=O)C3)c2C1. The Bertz CT molecular complexity index is 521. The molecule has 20 heavy (non-hydrogen) atoms. The maximum Gasteiger partial charge on any atom is 0.248 e. The minimum atomic E-state index is -0.560. The molecule has 2 aliphatic rings. The topological polar surface area (TPSA) is 84.6 Å². The quantitative estimate of drug-likeness (QED) is 0.758. The van der Waals surface area contributed by atoms with Gasteiger partial charge in [0.2, 0.25) is 5.91 Å². The molecule has 1 amide bonds. The number of fused-ring (bicyclic) bond motifs is 1. The maximum absolute atomic E-state index is 11.3. The molecule has 0 aliphatic carbocycles. The zero-order valence-corrected chi connectivity index (χ0v) is 11.6. The fourth-order valence-electron chi connectivity index (χ4n) is 2.75. The van der Waals surface area contributed by atoms with E-state index in [9.17, 15) is 4.79 Å². The van der Waals surface area contributed by atoms with Crippen molar-refractivity contribution < 1.29 is 9.53 Å². The summed E-state index contributed by atoms with van der Waals surface area (Å²) in [5, 5.41) is 0.